The third kappa shape index (κ3) is 20.8. The molecule has 10 amide bonds. The van der Waals surface area contributed by atoms with E-state index in [0.717, 1.165) is 21.4 Å². The first-order valence-corrected chi connectivity index (χ1v) is 33.5. The molecular weight excluding hydrogens is 1300 g/mol. The van der Waals surface area contributed by atoms with Crippen LogP contribution >= 0.6 is 11.6 Å². The molecule has 1 saturated heterocycles. The SMILES string of the molecule is CC(C)C[C@H](NC(=O)[C@@H](C)N(C(=O)[C@H](Cc1ccc(O)cc1)NC(=O)[C@H](CO)NC(=O)[C@H](Cc1c[nH]c2ccccc12)NC(=O)[C@H](Cc1c[nH]cn1)NC(=O)CCc1ccc(Cl)cc1)c1ccc2ccccc2c1)C(=O)N[C@@H](CCCNC(=N)N)C(=O)N1CCC[C@H]1C(=O)N[C@H](C)C(N)=O. The first-order valence-electron chi connectivity index (χ1n) is 33.1. The number of fused-ring (bicyclic) bond motifs is 2. The maximum Gasteiger partial charge on any atom is 0.250 e. The van der Waals surface area contributed by atoms with Crippen LogP contribution in [0.3, 0.4) is 0 Å². The number of aromatic hydroxyl groups is 1. The van der Waals surface area contributed by atoms with Crippen molar-refractivity contribution in [3.8, 4) is 5.75 Å². The number of aliphatic hydroxyl groups excluding tert-OH is 1. The van der Waals surface area contributed by atoms with Crippen molar-refractivity contribution in [1.29, 1.82) is 5.41 Å². The summed E-state index contributed by atoms with van der Waals surface area (Å²) in [5.41, 5.74) is 14.1. The highest BCUT2D eigenvalue weighted by Crippen LogP contribution is 2.28. The van der Waals surface area contributed by atoms with Crippen LogP contribution < -0.4 is 58.9 Å². The number of nitrogens with zero attached hydrogens (tertiary/aromatic N) is 3. The number of benzene rings is 5. The van der Waals surface area contributed by atoms with Gasteiger partial charge in [0, 0.05) is 72.8 Å². The zero-order valence-corrected chi connectivity index (χ0v) is 56.8. The molecule has 17 N–H and O–H groups in total. The van der Waals surface area contributed by atoms with E-state index in [0.29, 0.717) is 45.5 Å². The Hall–Kier alpha value is -10.9. The van der Waals surface area contributed by atoms with Crippen LogP contribution in [0.25, 0.3) is 21.7 Å². The number of aromatic amines is 2. The first-order chi connectivity index (χ1) is 47.8. The summed E-state index contributed by atoms with van der Waals surface area (Å²) in [7, 11) is 0. The molecule has 28 nitrogen and oxygen atoms in total. The third-order valence-corrected chi connectivity index (χ3v) is 17.5. The van der Waals surface area contributed by atoms with Crippen molar-refractivity contribution in [2.45, 2.75) is 146 Å². The monoisotopic (exact) mass is 1390 g/mol. The second kappa shape index (κ2) is 35.6. The van der Waals surface area contributed by atoms with Gasteiger partial charge in [-0.05, 0) is 128 Å². The van der Waals surface area contributed by atoms with Gasteiger partial charge in [-0.2, -0.15) is 0 Å². The Morgan fingerprint density at radius 2 is 1.32 bits per heavy atom. The second-order valence-electron chi connectivity index (χ2n) is 25.3. The van der Waals surface area contributed by atoms with E-state index in [1.807, 2.05) is 44.2 Å². The van der Waals surface area contributed by atoms with Crippen molar-refractivity contribution in [3.05, 3.63) is 161 Å². The van der Waals surface area contributed by atoms with Gasteiger partial charge < -0.3 is 79.1 Å². The Morgan fingerprint density at radius 3 is 2.00 bits per heavy atom. The fourth-order valence-electron chi connectivity index (χ4n) is 11.9. The minimum atomic E-state index is -1.80. The topological polar surface area (TPSA) is 434 Å². The molecule has 100 heavy (non-hydrogen) atoms. The number of halogens is 1. The number of nitrogens with two attached hydrogens (primary N) is 2. The molecule has 0 spiro atoms. The van der Waals surface area contributed by atoms with Gasteiger partial charge in [0.25, 0.3) is 5.91 Å². The van der Waals surface area contributed by atoms with Crippen molar-refractivity contribution in [1.82, 2.24) is 62.4 Å². The van der Waals surface area contributed by atoms with Gasteiger partial charge in [0.1, 0.15) is 60.1 Å². The number of likely N-dealkylation sites (tertiary alicyclic amines) is 1. The predicted octanol–water partition coefficient (Wildman–Crippen LogP) is 2.68. The van der Waals surface area contributed by atoms with E-state index in [4.69, 9.17) is 28.5 Å². The number of amides is 10. The third-order valence-electron chi connectivity index (χ3n) is 17.3. The van der Waals surface area contributed by atoms with E-state index in [1.54, 1.807) is 73.1 Å². The summed E-state index contributed by atoms with van der Waals surface area (Å²) in [6.45, 7) is 5.70. The molecule has 2 aromatic heterocycles. The summed E-state index contributed by atoms with van der Waals surface area (Å²) in [6.07, 6.45) is 5.30. The number of hydrogen-bond acceptors (Lipinski definition) is 14. The van der Waals surface area contributed by atoms with Gasteiger partial charge in [-0.25, -0.2) is 4.98 Å². The van der Waals surface area contributed by atoms with Gasteiger partial charge >= 0.3 is 0 Å². The molecule has 5 aromatic carbocycles. The Balaban J connectivity index is 1.07. The van der Waals surface area contributed by atoms with E-state index in [-0.39, 0.29) is 87.8 Å². The smallest absolute Gasteiger partial charge is 0.250 e. The number of imidazole rings is 1. The fourth-order valence-corrected chi connectivity index (χ4v) is 12.0. The summed E-state index contributed by atoms with van der Waals surface area (Å²) in [5, 5.41) is 53.5. The van der Waals surface area contributed by atoms with E-state index in [1.165, 1.54) is 49.3 Å². The lowest BCUT2D eigenvalue weighted by Gasteiger charge is -2.34. The van der Waals surface area contributed by atoms with Crippen LogP contribution in [0.1, 0.15) is 88.6 Å². The molecular formula is C71H87ClN16O12. The number of guanidine groups is 1. The number of aryl methyl sites for hydroxylation is 1. The molecule has 0 unspecified atom stereocenters. The molecule has 0 radical (unpaired) electrons. The fraction of sp³-hybridized carbons (Fsp3) is 0.380. The Morgan fingerprint density at radius 1 is 0.690 bits per heavy atom. The summed E-state index contributed by atoms with van der Waals surface area (Å²) in [4.78, 5) is 157. The Labute approximate surface area is 582 Å². The quantitative estimate of drug-likeness (QED) is 0.0157. The minimum absolute atomic E-state index is 0.00444. The summed E-state index contributed by atoms with van der Waals surface area (Å²) < 4.78 is 0. The number of anilines is 1. The number of carbonyl (C=O) groups excluding carboxylic acids is 10. The average Bonchev–Trinajstić information content (AvgIpc) is 0.863. The van der Waals surface area contributed by atoms with Crippen molar-refractivity contribution in [2.75, 3.05) is 24.6 Å². The molecule has 1 fully saturated rings. The highest BCUT2D eigenvalue weighted by atomic mass is 35.5. The summed E-state index contributed by atoms with van der Waals surface area (Å²) in [6, 6.07) is 19.9. The summed E-state index contributed by atoms with van der Waals surface area (Å²) >= 11 is 6.09. The molecule has 0 bridgehead atoms. The second-order valence-corrected chi connectivity index (χ2v) is 25.7. The van der Waals surface area contributed by atoms with Gasteiger partial charge in [-0.15, -0.1) is 0 Å². The number of H-pyrrole nitrogens is 2. The molecule has 0 aliphatic carbocycles. The predicted molar refractivity (Wildman–Crippen MR) is 376 cm³/mol. The van der Waals surface area contributed by atoms with Gasteiger partial charge in [0.2, 0.25) is 53.2 Å². The first kappa shape index (κ1) is 74.9. The lowest BCUT2D eigenvalue weighted by Crippen LogP contribution is -2.62. The molecule has 8 rings (SSSR count). The van der Waals surface area contributed by atoms with E-state index in [9.17, 15) is 48.6 Å². The van der Waals surface area contributed by atoms with Crippen LogP contribution in [-0.4, -0.2) is 169 Å². The lowest BCUT2D eigenvalue weighted by atomic mass is 10.00. The molecule has 3 heterocycles. The molecule has 530 valence electrons. The maximum absolute atomic E-state index is 15.9. The van der Waals surface area contributed by atoms with Crippen LogP contribution in [0, 0.1) is 11.3 Å². The Bertz CT molecular complexity index is 4040. The average molecular weight is 1390 g/mol. The number of phenols is 1. The van der Waals surface area contributed by atoms with Crippen LogP contribution in [0.5, 0.6) is 5.75 Å². The lowest BCUT2D eigenvalue weighted by molar-refractivity contribution is -0.142. The number of carbonyl (C=O) groups is 10. The number of hydrogen-bond donors (Lipinski definition) is 15. The zero-order valence-electron chi connectivity index (χ0n) is 56.0. The Kier molecular flexibility index (Phi) is 26.7. The van der Waals surface area contributed by atoms with Crippen LogP contribution in [0.2, 0.25) is 5.02 Å². The number of rotatable bonds is 34. The van der Waals surface area contributed by atoms with Crippen LogP contribution in [0.15, 0.2) is 134 Å². The molecule has 1 aliphatic heterocycles. The number of primary amides is 1. The van der Waals surface area contributed by atoms with E-state index >= 15 is 9.59 Å². The van der Waals surface area contributed by atoms with Crippen molar-refractivity contribution in [2.24, 2.45) is 17.4 Å². The normalized spacial score (nSPS) is 15.2. The molecule has 0 saturated carbocycles. The number of nitrogens with one attached hydrogen (secondary N) is 11. The van der Waals surface area contributed by atoms with Crippen molar-refractivity contribution < 1.29 is 58.2 Å². The minimum Gasteiger partial charge on any atom is -0.508 e. The number of aromatic nitrogens is 3. The largest absolute Gasteiger partial charge is 0.508 e. The van der Waals surface area contributed by atoms with Crippen molar-refractivity contribution >= 4 is 104 Å². The number of phenolic OH excluding ortho intramolecular Hbond substituents is 1. The molecule has 7 aromatic rings. The zero-order chi connectivity index (χ0) is 72.2. The van der Waals surface area contributed by atoms with Gasteiger partial charge in [0.15, 0.2) is 5.96 Å². The number of aliphatic hydroxyl groups is 1. The molecule has 29 heteroatoms. The van der Waals surface area contributed by atoms with Crippen LogP contribution in [-0.2, 0) is 73.6 Å². The van der Waals surface area contributed by atoms with E-state index < -0.39 is 120 Å². The van der Waals surface area contributed by atoms with Crippen LogP contribution in [0.4, 0.5) is 5.69 Å². The maximum atomic E-state index is 15.9. The highest BCUT2D eigenvalue weighted by molar-refractivity contribution is 6.30. The van der Waals surface area contributed by atoms with Crippen molar-refractivity contribution in [3.63, 3.8) is 0 Å². The number of para-hydroxylation sites is 1. The molecule has 9 atom stereocenters. The van der Waals surface area contributed by atoms with E-state index in [2.05, 4.69) is 57.5 Å². The van der Waals surface area contributed by atoms with Gasteiger partial charge in [-0.3, -0.25) is 58.3 Å². The van der Waals surface area contributed by atoms with Gasteiger partial charge in [0.05, 0.1) is 18.6 Å². The highest BCUT2D eigenvalue weighted by Gasteiger charge is 2.41. The summed E-state index contributed by atoms with van der Waals surface area (Å²) in [5.74, 6) is -8.48. The standard InChI is InChI=1S/C71H87ClN16O12/c1-40(2)31-55(64(94)82-54(15-9-29-77-71(74)75)69(99)87-30-10-16-60(87)68(98)80-41(3)62(73)92)83-63(93)42(4)88(50-25-22-45-11-5-6-12-46(45)33-50)70(100)58(32-44-19-26-51(90)27-20-44)85-67(97)59(38-89)86-65(95)56(34-47-36-78-53-14-8-7-13-52(47)53)84-66(96)57(35-49-37-76-39-79-49)81-61(91)28-21-43-17-23-48(72)24-18-43/h5-8,11-14,17-20,22-27,33,36-37,39-42,54-60,78,89-90H,9-10,15-16,21,28-32,34-35,38H2,1-4H3,(H2,73,92)(H,76,79)(H,80,98)(H,81,91)(H,82,94)(H,83,93)(H,84,96)(H,85,97)(H,86,95)(H4,74,75,77)/t41-,42-,54+,55+,56+,57+,58+,59+,60+/m1/s1. The van der Waals surface area contributed by atoms with Gasteiger partial charge in [-0.1, -0.05) is 98.2 Å². The molecule has 1 aliphatic rings.